The first kappa shape index (κ1) is 22.4. The molecule has 1 aliphatic rings. The minimum atomic E-state index is -0.680. The molecule has 0 atom stereocenters. The van der Waals surface area contributed by atoms with Crippen molar-refractivity contribution < 1.29 is 23.9 Å². The lowest BCUT2D eigenvalue weighted by molar-refractivity contribution is -0.152. The molecule has 8 heteroatoms. The second-order valence-corrected chi connectivity index (χ2v) is 8.06. The molecule has 0 radical (unpaired) electrons. The van der Waals surface area contributed by atoms with Crippen molar-refractivity contribution in [1.29, 1.82) is 0 Å². The summed E-state index contributed by atoms with van der Waals surface area (Å²) in [5.41, 5.74) is 1.55. The minimum absolute atomic E-state index is 0.00986. The quantitative estimate of drug-likeness (QED) is 0.739. The van der Waals surface area contributed by atoms with Gasteiger partial charge in [-0.25, -0.2) is 0 Å². The molecule has 1 aromatic rings. The predicted octanol–water partition coefficient (Wildman–Crippen LogP) is 0.948. The summed E-state index contributed by atoms with van der Waals surface area (Å²) in [4.78, 5) is 50.6. The number of carbonyl (C=O) groups excluding carboxylic acids is 4. The molecular weight excluding hydrogens is 374 g/mol. The Balaban J connectivity index is 1.72. The zero-order valence-corrected chi connectivity index (χ0v) is 17.5. The highest BCUT2D eigenvalue weighted by Crippen LogP contribution is 2.22. The number of rotatable bonds is 5. The lowest BCUT2D eigenvalue weighted by atomic mass is 9.87. The molecule has 8 nitrogen and oxygen atoms in total. The number of benzene rings is 1. The number of esters is 1. The molecular formula is C21H29N3O5. The first-order chi connectivity index (χ1) is 13.6. The van der Waals surface area contributed by atoms with E-state index in [-0.39, 0.29) is 36.3 Å². The number of amides is 3. The van der Waals surface area contributed by atoms with E-state index in [1.54, 1.807) is 21.9 Å². The average Bonchev–Trinajstić information content (AvgIpc) is 2.69. The van der Waals surface area contributed by atoms with Crippen molar-refractivity contribution in [2.45, 2.75) is 33.1 Å². The maximum absolute atomic E-state index is 12.2. The highest BCUT2D eigenvalue weighted by atomic mass is 16.5. The molecule has 0 saturated carbocycles. The van der Waals surface area contributed by atoms with Gasteiger partial charge >= 0.3 is 5.97 Å². The Hall–Kier alpha value is -2.90. The molecule has 29 heavy (non-hydrogen) atoms. The van der Waals surface area contributed by atoms with Crippen LogP contribution in [-0.2, 0) is 24.5 Å². The molecule has 1 saturated heterocycles. The molecule has 2 rings (SSSR count). The Morgan fingerprint density at radius 1 is 0.966 bits per heavy atom. The van der Waals surface area contributed by atoms with Crippen LogP contribution in [0.2, 0.25) is 0 Å². The van der Waals surface area contributed by atoms with Crippen LogP contribution in [0.4, 0.5) is 0 Å². The van der Waals surface area contributed by atoms with Crippen molar-refractivity contribution in [3.63, 3.8) is 0 Å². The van der Waals surface area contributed by atoms with Gasteiger partial charge in [0.2, 0.25) is 5.91 Å². The lowest BCUT2D eigenvalue weighted by Crippen LogP contribution is -2.51. The normalized spacial score (nSPS) is 14.3. The van der Waals surface area contributed by atoms with Crippen LogP contribution >= 0.6 is 0 Å². The van der Waals surface area contributed by atoms with Gasteiger partial charge in [0.1, 0.15) is 6.54 Å². The topological polar surface area (TPSA) is 96.0 Å². The van der Waals surface area contributed by atoms with E-state index >= 15 is 0 Å². The lowest BCUT2D eigenvalue weighted by Gasteiger charge is -2.34. The molecule has 158 valence electrons. The third-order valence-electron chi connectivity index (χ3n) is 4.84. The van der Waals surface area contributed by atoms with E-state index in [1.807, 2.05) is 12.1 Å². The van der Waals surface area contributed by atoms with Gasteiger partial charge in [0.15, 0.2) is 6.61 Å². The SMILES string of the molecule is CC(=O)N1CCN(C(=O)COC(=O)CNC(=O)c2ccc(C(C)(C)C)cc2)CC1. The Morgan fingerprint density at radius 3 is 2.03 bits per heavy atom. The van der Waals surface area contributed by atoms with Crippen LogP contribution in [0.3, 0.4) is 0 Å². The van der Waals surface area contributed by atoms with Crippen LogP contribution in [0.1, 0.15) is 43.6 Å². The molecule has 1 N–H and O–H groups in total. The van der Waals surface area contributed by atoms with E-state index in [1.165, 1.54) is 6.92 Å². The van der Waals surface area contributed by atoms with Crippen LogP contribution in [-0.4, -0.2) is 72.8 Å². The standard InChI is InChI=1S/C21H29N3O5/c1-15(25)23-9-11-24(12-10-23)18(26)14-29-19(27)13-22-20(28)16-5-7-17(8-6-16)21(2,3)4/h5-8H,9-14H2,1-4H3,(H,22,28). The molecule has 0 bridgehead atoms. The van der Waals surface area contributed by atoms with Gasteiger partial charge in [-0.05, 0) is 23.1 Å². The fourth-order valence-electron chi connectivity index (χ4n) is 2.93. The summed E-state index contributed by atoms with van der Waals surface area (Å²) in [6.07, 6.45) is 0. The zero-order valence-electron chi connectivity index (χ0n) is 17.5. The van der Waals surface area contributed by atoms with E-state index in [2.05, 4.69) is 26.1 Å². The molecule has 0 unspecified atom stereocenters. The van der Waals surface area contributed by atoms with Gasteiger partial charge in [-0.1, -0.05) is 32.9 Å². The highest BCUT2D eigenvalue weighted by molar-refractivity contribution is 5.96. The average molecular weight is 403 g/mol. The summed E-state index contributed by atoms with van der Waals surface area (Å²) < 4.78 is 4.96. The maximum Gasteiger partial charge on any atom is 0.325 e. The van der Waals surface area contributed by atoms with Gasteiger partial charge in [0.25, 0.3) is 11.8 Å². The van der Waals surface area contributed by atoms with Crippen molar-refractivity contribution in [2.75, 3.05) is 39.3 Å². The minimum Gasteiger partial charge on any atom is -0.454 e. The Morgan fingerprint density at radius 2 is 1.52 bits per heavy atom. The van der Waals surface area contributed by atoms with Gasteiger partial charge in [0.05, 0.1) is 0 Å². The largest absolute Gasteiger partial charge is 0.454 e. The first-order valence-corrected chi connectivity index (χ1v) is 9.65. The van der Waals surface area contributed by atoms with Crippen molar-refractivity contribution in [1.82, 2.24) is 15.1 Å². The number of nitrogens with one attached hydrogen (secondary N) is 1. The smallest absolute Gasteiger partial charge is 0.325 e. The van der Waals surface area contributed by atoms with E-state index < -0.39 is 5.97 Å². The molecule has 1 aliphatic heterocycles. The van der Waals surface area contributed by atoms with E-state index in [0.29, 0.717) is 31.7 Å². The third kappa shape index (κ3) is 6.58. The predicted molar refractivity (Wildman–Crippen MR) is 107 cm³/mol. The fourth-order valence-corrected chi connectivity index (χ4v) is 2.93. The Kier molecular flexibility index (Phi) is 7.36. The molecule has 0 aliphatic carbocycles. The zero-order chi connectivity index (χ0) is 21.6. The van der Waals surface area contributed by atoms with E-state index in [0.717, 1.165) is 5.56 Å². The van der Waals surface area contributed by atoms with Gasteiger partial charge in [-0.15, -0.1) is 0 Å². The monoisotopic (exact) mass is 403 g/mol. The maximum atomic E-state index is 12.2. The second kappa shape index (κ2) is 9.54. The van der Waals surface area contributed by atoms with Crippen molar-refractivity contribution in [3.8, 4) is 0 Å². The summed E-state index contributed by atoms with van der Waals surface area (Å²) in [5, 5.41) is 2.50. The molecule has 1 aromatic carbocycles. The summed E-state index contributed by atoms with van der Waals surface area (Å²) in [7, 11) is 0. The van der Waals surface area contributed by atoms with Crippen LogP contribution in [0.15, 0.2) is 24.3 Å². The Bertz CT molecular complexity index is 760. The fraction of sp³-hybridized carbons (Fsp3) is 0.524. The number of carbonyl (C=O) groups is 4. The number of ether oxygens (including phenoxy) is 1. The van der Waals surface area contributed by atoms with Crippen molar-refractivity contribution >= 4 is 23.7 Å². The van der Waals surface area contributed by atoms with Crippen LogP contribution in [0, 0.1) is 0 Å². The molecule has 1 heterocycles. The van der Waals surface area contributed by atoms with Gasteiger partial charge in [0, 0.05) is 38.7 Å². The molecule has 3 amide bonds. The van der Waals surface area contributed by atoms with Gasteiger partial charge in [-0.3, -0.25) is 19.2 Å². The van der Waals surface area contributed by atoms with Crippen molar-refractivity contribution in [2.24, 2.45) is 0 Å². The summed E-state index contributed by atoms with van der Waals surface area (Å²) >= 11 is 0. The molecule has 0 spiro atoms. The van der Waals surface area contributed by atoms with E-state index in [9.17, 15) is 19.2 Å². The van der Waals surface area contributed by atoms with Gasteiger partial charge < -0.3 is 19.9 Å². The first-order valence-electron chi connectivity index (χ1n) is 9.65. The summed E-state index contributed by atoms with van der Waals surface area (Å²) in [5.74, 6) is -1.40. The third-order valence-corrected chi connectivity index (χ3v) is 4.84. The van der Waals surface area contributed by atoms with Crippen molar-refractivity contribution in [3.05, 3.63) is 35.4 Å². The highest BCUT2D eigenvalue weighted by Gasteiger charge is 2.23. The number of piperazine rings is 1. The molecule has 1 fully saturated rings. The number of hydrogen-bond acceptors (Lipinski definition) is 5. The summed E-state index contributed by atoms with van der Waals surface area (Å²) in [6.45, 7) is 8.83. The number of hydrogen-bond donors (Lipinski definition) is 1. The number of nitrogens with zero attached hydrogens (tertiary/aromatic N) is 2. The van der Waals surface area contributed by atoms with Crippen LogP contribution in [0.5, 0.6) is 0 Å². The second-order valence-electron chi connectivity index (χ2n) is 8.06. The summed E-state index contributed by atoms with van der Waals surface area (Å²) in [6, 6.07) is 7.20. The van der Waals surface area contributed by atoms with E-state index in [4.69, 9.17) is 4.74 Å². The van der Waals surface area contributed by atoms with Crippen LogP contribution in [0.25, 0.3) is 0 Å². The van der Waals surface area contributed by atoms with Crippen LogP contribution < -0.4 is 5.32 Å². The van der Waals surface area contributed by atoms with Gasteiger partial charge in [-0.2, -0.15) is 0 Å². The Labute approximate surface area is 171 Å². The molecule has 0 aromatic heterocycles.